The maximum Gasteiger partial charge on any atom is 0.294 e. The number of rotatable bonds is 5. The standard InChI is InChI=1S/C17H14N4O3S.2H2O/c22-25(23,24)14-7-5-6-13(12-14)17(15-8-1-3-10-18-15)21-20-16-9-2-4-11-19-16;;/h1-12H,(H,19,20)(H,22,23,24);2*1H2. The molecule has 0 atom stereocenters. The summed E-state index contributed by atoms with van der Waals surface area (Å²) in [5, 5.41) is 4.32. The van der Waals surface area contributed by atoms with Gasteiger partial charge in [-0.25, -0.2) is 4.98 Å². The molecule has 3 rings (SSSR count). The first-order valence-corrected chi connectivity index (χ1v) is 8.72. The van der Waals surface area contributed by atoms with Gasteiger partial charge in [-0.2, -0.15) is 13.5 Å². The van der Waals surface area contributed by atoms with Crippen LogP contribution in [0.15, 0.2) is 83.1 Å². The van der Waals surface area contributed by atoms with Gasteiger partial charge in [-0.15, -0.1) is 0 Å². The van der Waals surface area contributed by atoms with Crippen molar-refractivity contribution in [1.82, 2.24) is 9.97 Å². The van der Waals surface area contributed by atoms with Crippen LogP contribution in [0.4, 0.5) is 5.82 Å². The molecule has 0 saturated carbocycles. The lowest BCUT2D eigenvalue weighted by atomic mass is 10.1. The molecule has 0 aliphatic heterocycles. The Hall–Kier alpha value is -3.18. The predicted octanol–water partition coefficient (Wildman–Crippen LogP) is 0.938. The van der Waals surface area contributed by atoms with E-state index in [1.54, 1.807) is 48.8 Å². The summed E-state index contributed by atoms with van der Waals surface area (Å²) in [7, 11) is -4.32. The molecule has 10 heteroatoms. The van der Waals surface area contributed by atoms with Crippen molar-refractivity contribution in [1.29, 1.82) is 0 Å². The predicted molar refractivity (Wildman–Crippen MR) is 101 cm³/mol. The van der Waals surface area contributed by atoms with Crippen LogP contribution in [0.2, 0.25) is 0 Å². The second-order valence-electron chi connectivity index (χ2n) is 5.01. The number of nitrogens with one attached hydrogen (secondary N) is 1. The number of hydrogen-bond acceptors (Lipinski definition) is 6. The fourth-order valence-corrected chi connectivity index (χ4v) is 2.64. The smallest absolute Gasteiger partial charge is 0.294 e. The number of pyridine rings is 2. The van der Waals surface area contributed by atoms with Gasteiger partial charge in [-0.1, -0.05) is 24.3 Å². The van der Waals surface area contributed by atoms with Crippen LogP contribution in [0, 0.1) is 0 Å². The van der Waals surface area contributed by atoms with Crippen molar-refractivity contribution in [2.45, 2.75) is 4.90 Å². The second-order valence-corrected chi connectivity index (χ2v) is 6.43. The third-order valence-corrected chi connectivity index (χ3v) is 4.11. The van der Waals surface area contributed by atoms with Crippen LogP contribution in [0.1, 0.15) is 11.3 Å². The fourth-order valence-electron chi connectivity index (χ4n) is 2.12. The molecule has 0 aliphatic rings. The maximum absolute atomic E-state index is 11.4. The molecule has 0 aliphatic carbocycles. The zero-order chi connectivity index (χ0) is 17.7. The van der Waals surface area contributed by atoms with E-state index in [9.17, 15) is 13.0 Å². The fraction of sp³-hybridized carbons (Fsp3) is 0. The van der Waals surface area contributed by atoms with Gasteiger partial charge in [-0.05, 0) is 36.4 Å². The van der Waals surface area contributed by atoms with Gasteiger partial charge in [0.25, 0.3) is 10.1 Å². The number of hydrogen-bond donors (Lipinski definition) is 2. The lowest BCUT2D eigenvalue weighted by Crippen LogP contribution is -2.10. The summed E-state index contributed by atoms with van der Waals surface area (Å²) in [6, 6.07) is 16.5. The molecule has 9 nitrogen and oxygen atoms in total. The molecule has 2 aromatic heterocycles. The van der Waals surface area contributed by atoms with Gasteiger partial charge >= 0.3 is 0 Å². The SMILES string of the molecule is O.O.O=S(=O)(O)c1cccc(C(=NNc2ccccn2)c2ccccn2)c1. The first-order chi connectivity index (χ1) is 12.0. The molecule has 0 saturated heterocycles. The highest BCUT2D eigenvalue weighted by Crippen LogP contribution is 2.15. The Morgan fingerprint density at radius 3 is 2.22 bits per heavy atom. The minimum absolute atomic E-state index is 0. The van der Waals surface area contributed by atoms with E-state index in [1.807, 2.05) is 6.07 Å². The first-order valence-electron chi connectivity index (χ1n) is 7.28. The van der Waals surface area contributed by atoms with Crippen LogP contribution in [0.25, 0.3) is 0 Å². The molecule has 3 aromatic rings. The average Bonchev–Trinajstić information content (AvgIpc) is 2.63. The summed E-state index contributed by atoms with van der Waals surface area (Å²) in [5.41, 5.74) is 4.26. The monoisotopic (exact) mass is 390 g/mol. The van der Waals surface area contributed by atoms with Crippen molar-refractivity contribution in [2.24, 2.45) is 5.10 Å². The number of nitrogens with zero attached hydrogens (tertiary/aromatic N) is 3. The molecule has 1 aromatic carbocycles. The van der Waals surface area contributed by atoms with E-state index in [0.717, 1.165) is 0 Å². The maximum atomic E-state index is 11.4. The topological polar surface area (TPSA) is 168 Å². The van der Waals surface area contributed by atoms with Crippen LogP contribution in [-0.2, 0) is 10.1 Å². The Balaban J connectivity index is 0.00000182. The second kappa shape index (κ2) is 9.50. The molecule has 6 N–H and O–H groups in total. The molecule has 0 fully saturated rings. The van der Waals surface area contributed by atoms with E-state index < -0.39 is 10.1 Å². The molecule has 0 unspecified atom stereocenters. The number of hydrazone groups is 1. The zero-order valence-electron chi connectivity index (χ0n) is 13.9. The Labute approximate surface area is 155 Å². The third kappa shape index (κ3) is 5.66. The summed E-state index contributed by atoms with van der Waals surface area (Å²) in [6.45, 7) is 0. The third-order valence-electron chi connectivity index (χ3n) is 3.26. The van der Waals surface area contributed by atoms with Crippen LogP contribution in [-0.4, -0.2) is 39.6 Å². The summed E-state index contributed by atoms with van der Waals surface area (Å²) in [6.07, 6.45) is 3.23. The van der Waals surface area contributed by atoms with Crippen molar-refractivity contribution in [3.63, 3.8) is 0 Å². The van der Waals surface area contributed by atoms with Crippen LogP contribution >= 0.6 is 0 Å². The first kappa shape index (κ1) is 21.9. The Kier molecular flexibility index (Phi) is 7.69. The average molecular weight is 390 g/mol. The van der Waals surface area contributed by atoms with Gasteiger partial charge < -0.3 is 11.0 Å². The summed E-state index contributed by atoms with van der Waals surface area (Å²) in [5.74, 6) is 0.530. The normalized spacial score (nSPS) is 11.1. The summed E-state index contributed by atoms with van der Waals surface area (Å²) >= 11 is 0. The van der Waals surface area contributed by atoms with Gasteiger partial charge in [0.05, 0.1) is 10.6 Å². The molecule has 2 heterocycles. The van der Waals surface area contributed by atoms with Gasteiger partial charge in [0.2, 0.25) is 0 Å². The van der Waals surface area contributed by atoms with Crippen LogP contribution in [0.5, 0.6) is 0 Å². The Morgan fingerprint density at radius 1 is 0.926 bits per heavy atom. The lowest BCUT2D eigenvalue weighted by molar-refractivity contribution is 0.483. The molecule has 27 heavy (non-hydrogen) atoms. The Morgan fingerprint density at radius 2 is 1.63 bits per heavy atom. The minimum Gasteiger partial charge on any atom is -0.412 e. The van der Waals surface area contributed by atoms with Crippen molar-refractivity contribution in [3.8, 4) is 0 Å². The quantitative estimate of drug-likeness (QED) is 0.373. The van der Waals surface area contributed by atoms with E-state index in [-0.39, 0.29) is 15.8 Å². The van der Waals surface area contributed by atoms with Crippen LogP contribution < -0.4 is 5.43 Å². The Bertz CT molecular complexity index is 996. The minimum atomic E-state index is -4.32. The lowest BCUT2D eigenvalue weighted by Gasteiger charge is -2.08. The summed E-state index contributed by atoms with van der Waals surface area (Å²) < 4.78 is 32.1. The number of benzene rings is 1. The van der Waals surface area contributed by atoms with Gasteiger partial charge in [0.1, 0.15) is 11.5 Å². The van der Waals surface area contributed by atoms with Crippen LogP contribution in [0.3, 0.4) is 0 Å². The molecule has 0 spiro atoms. The van der Waals surface area contributed by atoms with Crippen molar-refractivity contribution in [3.05, 3.63) is 84.3 Å². The molecule has 0 radical (unpaired) electrons. The molecular formula is C17H18N4O5S. The molecular weight excluding hydrogens is 372 g/mol. The van der Waals surface area contributed by atoms with Gasteiger partial charge in [-0.3, -0.25) is 15.0 Å². The van der Waals surface area contributed by atoms with Gasteiger partial charge in [0.15, 0.2) is 0 Å². The van der Waals surface area contributed by atoms with Gasteiger partial charge in [0, 0.05) is 18.0 Å². The molecule has 0 bridgehead atoms. The largest absolute Gasteiger partial charge is 0.412 e. The zero-order valence-corrected chi connectivity index (χ0v) is 14.8. The highest BCUT2D eigenvalue weighted by Gasteiger charge is 2.14. The highest BCUT2D eigenvalue weighted by molar-refractivity contribution is 7.85. The van der Waals surface area contributed by atoms with Crippen molar-refractivity contribution in [2.75, 3.05) is 5.43 Å². The van der Waals surface area contributed by atoms with E-state index in [4.69, 9.17) is 0 Å². The van der Waals surface area contributed by atoms with E-state index in [0.29, 0.717) is 22.8 Å². The number of anilines is 1. The molecule has 142 valence electrons. The van der Waals surface area contributed by atoms with E-state index >= 15 is 0 Å². The molecule has 0 amide bonds. The summed E-state index contributed by atoms with van der Waals surface area (Å²) in [4.78, 5) is 8.16. The van der Waals surface area contributed by atoms with Crippen molar-refractivity contribution >= 4 is 21.6 Å². The number of aromatic nitrogens is 2. The highest BCUT2D eigenvalue weighted by atomic mass is 32.2. The van der Waals surface area contributed by atoms with Crippen molar-refractivity contribution < 1.29 is 23.9 Å². The van der Waals surface area contributed by atoms with E-state index in [1.165, 1.54) is 18.2 Å². The van der Waals surface area contributed by atoms with E-state index in [2.05, 4.69) is 20.5 Å².